The van der Waals surface area contributed by atoms with E-state index in [1.54, 1.807) is 0 Å². The minimum absolute atomic E-state index is 0.752. The molecule has 0 aromatic heterocycles. The summed E-state index contributed by atoms with van der Waals surface area (Å²) in [5.74, 6) is 0. The van der Waals surface area contributed by atoms with E-state index in [1.165, 1.54) is 22.3 Å². The second-order valence-corrected chi connectivity index (χ2v) is 12.0. The first-order valence-electron chi connectivity index (χ1n) is 11.2. The highest BCUT2D eigenvalue weighted by atomic mass is 32.9. The van der Waals surface area contributed by atoms with E-state index < -0.39 is 6.58 Å². The lowest BCUT2D eigenvalue weighted by atomic mass is 10.0. The lowest BCUT2D eigenvalue weighted by Crippen LogP contribution is -2.10. The highest BCUT2D eigenvalue weighted by Gasteiger charge is 2.13. The van der Waals surface area contributed by atoms with Crippen LogP contribution in [0.3, 0.4) is 0 Å². The van der Waals surface area contributed by atoms with Crippen LogP contribution in [-0.4, -0.2) is 0 Å². The molecular formula is C30H22NOPS2. The maximum absolute atomic E-state index is 12.2. The summed E-state index contributed by atoms with van der Waals surface area (Å²) >= 11 is 4.92. The molecule has 0 amide bonds. The average molecular weight is 508 g/mol. The molecule has 1 unspecified atom stereocenters. The molecule has 35 heavy (non-hydrogen) atoms. The largest absolute Gasteiger partial charge is 0.311 e. The van der Waals surface area contributed by atoms with Crippen LogP contribution in [0.15, 0.2) is 133 Å². The molecule has 0 heterocycles. The zero-order chi connectivity index (χ0) is 24.0. The monoisotopic (exact) mass is 507 g/mol. The molecule has 0 aliphatic rings. The van der Waals surface area contributed by atoms with Gasteiger partial charge in [-0.2, -0.15) is 0 Å². The number of rotatable bonds is 6. The standard InChI is InChI=1S/C30H22NOPS2/c32-33(35-34)30-21-19-29(20-22-30)31(27-15-11-25(12-16-27)23-7-3-1-4-8-23)28-17-13-26(14-18-28)24-9-5-2-6-10-24/h1-22H. The van der Waals surface area contributed by atoms with Crippen molar-refractivity contribution < 1.29 is 4.57 Å². The van der Waals surface area contributed by atoms with Crippen molar-refractivity contribution in [2.75, 3.05) is 4.90 Å². The smallest absolute Gasteiger partial charge is 0.197 e. The van der Waals surface area contributed by atoms with Crippen LogP contribution in [0.4, 0.5) is 17.1 Å². The molecule has 2 nitrogen and oxygen atoms in total. The van der Waals surface area contributed by atoms with Crippen LogP contribution in [0.25, 0.3) is 22.3 Å². The first-order chi connectivity index (χ1) is 17.2. The SMILES string of the molecule is O=P(=S=S)c1ccc(N(c2ccc(-c3ccccc3)cc2)c2ccc(-c3ccccc3)cc2)cc1. The molecule has 1 atom stereocenters. The Balaban J connectivity index is 1.55. The van der Waals surface area contributed by atoms with Crippen LogP contribution in [0.2, 0.25) is 0 Å². The molecule has 5 rings (SSSR count). The number of hydrogen-bond acceptors (Lipinski definition) is 3. The Labute approximate surface area is 214 Å². The second-order valence-electron chi connectivity index (χ2n) is 8.01. The van der Waals surface area contributed by atoms with Gasteiger partial charge in [-0.15, -0.1) is 0 Å². The van der Waals surface area contributed by atoms with Crippen molar-refractivity contribution in [3.05, 3.63) is 133 Å². The fraction of sp³-hybridized carbons (Fsp3) is 0. The molecule has 0 saturated heterocycles. The lowest BCUT2D eigenvalue weighted by molar-refractivity contribution is 0.602. The molecule has 0 aliphatic heterocycles. The van der Waals surface area contributed by atoms with Crippen LogP contribution in [-0.2, 0) is 25.3 Å². The Bertz CT molecular complexity index is 1440. The van der Waals surface area contributed by atoms with Crippen LogP contribution >= 0.6 is 6.58 Å². The summed E-state index contributed by atoms with van der Waals surface area (Å²) < 4.78 is 12.2. The predicted molar refractivity (Wildman–Crippen MR) is 154 cm³/mol. The summed E-state index contributed by atoms with van der Waals surface area (Å²) in [6.07, 6.45) is 0. The molecule has 5 heteroatoms. The van der Waals surface area contributed by atoms with E-state index in [2.05, 4.69) is 102 Å². The van der Waals surface area contributed by atoms with Gasteiger partial charge in [0.05, 0.1) is 0 Å². The summed E-state index contributed by atoms with van der Waals surface area (Å²) in [4.78, 5) is 2.21. The Morgan fingerprint density at radius 3 is 1.20 bits per heavy atom. The fourth-order valence-electron chi connectivity index (χ4n) is 4.08. The molecule has 0 radical (unpaired) electrons. The van der Waals surface area contributed by atoms with Crippen molar-refractivity contribution in [1.82, 2.24) is 0 Å². The number of hydrogen-bond donors (Lipinski definition) is 0. The lowest BCUT2D eigenvalue weighted by Gasteiger charge is -2.26. The number of anilines is 3. The number of nitrogens with zero attached hydrogens (tertiary/aromatic N) is 1. The summed E-state index contributed by atoms with van der Waals surface area (Å²) in [6, 6.07) is 45.7. The molecule has 0 bridgehead atoms. The van der Waals surface area contributed by atoms with Crippen LogP contribution in [0, 0.1) is 0 Å². The van der Waals surface area contributed by atoms with Gasteiger partial charge in [-0.1, -0.05) is 84.9 Å². The van der Waals surface area contributed by atoms with E-state index in [-0.39, 0.29) is 0 Å². The predicted octanol–water partition coefficient (Wildman–Crippen LogP) is 8.40. The van der Waals surface area contributed by atoms with Crippen molar-refractivity contribution in [3.63, 3.8) is 0 Å². The van der Waals surface area contributed by atoms with Crippen molar-refractivity contribution in [2.45, 2.75) is 0 Å². The Morgan fingerprint density at radius 2 is 0.829 bits per heavy atom. The average Bonchev–Trinajstić information content (AvgIpc) is 2.95. The van der Waals surface area contributed by atoms with Crippen molar-refractivity contribution >= 4 is 49.6 Å². The molecular weight excluding hydrogens is 485 g/mol. The molecule has 0 spiro atoms. The van der Waals surface area contributed by atoms with Crippen LogP contribution in [0.5, 0.6) is 0 Å². The quantitative estimate of drug-likeness (QED) is 0.215. The molecule has 0 fully saturated rings. The zero-order valence-electron chi connectivity index (χ0n) is 18.8. The second kappa shape index (κ2) is 10.8. The van der Waals surface area contributed by atoms with Gasteiger partial charge in [0.2, 0.25) is 0 Å². The van der Waals surface area contributed by atoms with Crippen molar-refractivity contribution in [3.8, 4) is 22.3 Å². The van der Waals surface area contributed by atoms with Gasteiger partial charge < -0.3 is 4.90 Å². The Kier molecular flexibility index (Phi) is 7.15. The van der Waals surface area contributed by atoms with Gasteiger partial charge in [0.1, 0.15) is 0 Å². The maximum Gasteiger partial charge on any atom is 0.197 e. The van der Waals surface area contributed by atoms with Gasteiger partial charge in [0.25, 0.3) is 0 Å². The van der Waals surface area contributed by atoms with Gasteiger partial charge in [0, 0.05) is 22.4 Å². The van der Waals surface area contributed by atoms with E-state index in [1.807, 2.05) is 36.4 Å². The molecule has 0 aliphatic carbocycles. The summed E-state index contributed by atoms with van der Waals surface area (Å²) in [5, 5.41) is 0.752. The topological polar surface area (TPSA) is 20.3 Å². The van der Waals surface area contributed by atoms with E-state index in [0.717, 1.165) is 31.9 Å². The molecule has 0 N–H and O–H groups in total. The summed E-state index contributed by atoms with van der Waals surface area (Å²) in [5.41, 5.74) is 7.80. The third-order valence-electron chi connectivity index (χ3n) is 5.85. The normalized spacial score (nSPS) is 11.0. The third-order valence-corrected chi connectivity index (χ3v) is 8.96. The van der Waals surface area contributed by atoms with E-state index >= 15 is 0 Å². The fourth-order valence-corrected chi connectivity index (χ4v) is 5.96. The zero-order valence-corrected chi connectivity index (χ0v) is 21.3. The van der Waals surface area contributed by atoms with Crippen molar-refractivity contribution in [2.24, 2.45) is 0 Å². The summed E-state index contributed by atoms with van der Waals surface area (Å²) in [7, 11) is 0.963. The van der Waals surface area contributed by atoms with Crippen molar-refractivity contribution in [1.29, 1.82) is 0 Å². The van der Waals surface area contributed by atoms with Gasteiger partial charge >= 0.3 is 0 Å². The van der Waals surface area contributed by atoms with Gasteiger partial charge in [-0.3, -0.25) is 4.57 Å². The Morgan fingerprint density at radius 1 is 0.486 bits per heavy atom. The van der Waals surface area contributed by atoms with E-state index in [4.69, 9.17) is 11.2 Å². The number of benzene rings is 5. The highest BCUT2D eigenvalue weighted by molar-refractivity contribution is 8.34. The van der Waals surface area contributed by atoms with Crippen LogP contribution in [0.1, 0.15) is 0 Å². The molecule has 0 saturated carbocycles. The molecule has 5 aromatic carbocycles. The highest BCUT2D eigenvalue weighted by Crippen LogP contribution is 2.36. The Hall–Kier alpha value is -3.56. The van der Waals surface area contributed by atoms with E-state index in [9.17, 15) is 4.57 Å². The minimum Gasteiger partial charge on any atom is -0.311 e. The third kappa shape index (κ3) is 5.26. The van der Waals surface area contributed by atoms with Crippen LogP contribution < -0.4 is 10.2 Å². The molecule has 5 aromatic rings. The first-order valence-corrected chi connectivity index (χ1v) is 14.8. The first kappa shape index (κ1) is 23.2. The molecule has 170 valence electrons. The van der Waals surface area contributed by atoms with E-state index in [0.29, 0.717) is 0 Å². The summed E-state index contributed by atoms with van der Waals surface area (Å²) in [6.45, 7) is -1.61. The van der Waals surface area contributed by atoms with Gasteiger partial charge in [-0.05, 0) is 91.5 Å². The maximum atomic E-state index is 12.2. The van der Waals surface area contributed by atoms with Gasteiger partial charge in [0.15, 0.2) is 6.58 Å². The van der Waals surface area contributed by atoms with Gasteiger partial charge in [-0.25, -0.2) is 0 Å². The minimum atomic E-state index is -1.61.